The molecule has 102 valence electrons. The van der Waals surface area contributed by atoms with Gasteiger partial charge in [-0.25, -0.2) is 0 Å². The third-order valence-electron chi connectivity index (χ3n) is 3.71. The first-order valence-electron chi connectivity index (χ1n) is 7.16. The van der Waals surface area contributed by atoms with Crippen LogP contribution in [-0.4, -0.2) is 31.1 Å². The van der Waals surface area contributed by atoms with Gasteiger partial charge in [0, 0.05) is 13.1 Å². The minimum absolute atomic E-state index is 0.603. The van der Waals surface area contributed by atoms with Crippen molar-refractivity contribution in [3.05, 3.63) is 29.3 Å². The molecule has 3 nitrogen and oxygen atoms in total. The lowest BCUT2D eigenvalue weighted by molar-refractivity contribution is 0.294. The molecular formula is C16H23N3. The van der Waals surface area contributed by atoms with Crippen molar-refractivity contribution >= 4 is 5.69 Å². The molecule has 1 atom stereocenters. The van der Waals surface area contributed by atoms with Crippen LogP contribution in [0, 0.1) is 24.2 Å². The van der Waals surface area contributed by atoms with Crippen molar-refractivity contribution in [2.45, 2.75) is 26.7 Å². The van der Waals surface area contributed by atoms with E-state index in [-0.39, 0.29) is 0 Å². The maximum absolute atomic E-state index is 9.14. The molecule has 0 bridgehead atoms. The van der Waals surface area contributed by atoms with Crippen molar-refractivity contribution in [2.75, 3.05) is 31.5 Å². The Kier molecular flexibility index (Phi) is 4.81. The summed E-state index contributed by atoms with van der Waals surface area (Å²) in [6.07, 6.45) is 2.69. The molecule has 1 aliphatic heterocycles. The van der Waals surface area contributed by atoms with Gasteiger partial charge in [0.15, 0.2) is 0 Å². The zero-order chi connectivity index (χ0) is 13.7. The number of nitriles is 1. The molecule has 0 amide bonds. The fourth-order valence-electron chi connectivity index (χ4n) is 2.66. The van der Waals surface area contributed by atoms with E-state index in [1.807, 2.05) is 25.1 Å². The Balaban J connectivity index is 1.86. The van der Waals surface area contributed by atoms with Crippen LogP contribution in [0.4, 0.5) is 5.69 Å². The molecule has 3 heteroatoms. The molecule has 2 rings (SSSR count). The van der Waals surface area contributed by atoms with Crippen molar-refractivity contribution in [1.29, 1.82) is 5.26 Å². The van der Waals surface area contributed by atoms with Gasteiger partial charge < -0.3 is 10.2 Å². The Hall–Kier alpha value is -1.53. The van der Waals surface area contributed by atoms with Gasteiger partial charge in [0.05, 0.1) is 11.3 Å². The quantitative estimate of drug-likeness (QED) is 0.881. The normalized spacial score (nSPS) is 17.1. The van der Waals surface area contributed by atoms with E-state index in [4.69, 9.17) is 5.26 Å². The summed E-state index contributed by atoms with van der Waals surface area (Å²) in [5.41, 5.74) is 2.84. The second-order valence-electron chi connectivity index (χ2n) is 5.65. The summed E-state index contributed by atoms with van der Waals surface area (Å²) in [6, 6.07) is 8.26. The Labute approximate surface area is 116 Å². The Morgan fingerprint density at radius 2 is 2.11 bits per heavy atom. The summed E-state index contributed by atoms with van der Waals surface area (Å²) < 4.78 is 0. The molecule has 1 fully saturated rings. The van der Waals surface area contributed by atoms with Crippen molar-refractivity contribution in [2.24, 2.45) is 5.92 Å². The predicted molar refractivity (Wildman–Crippen MR) is 79.2 cm³/mol. The van der Waals surface area contributed by atoms with Gasteiger partial charge in [-0.05, 0) is 56.5 Å². The van der Waals surface area contributed by atoms with E-state index in [1.54, 1.807) is 0 Å². The van der Waals surface area contributed by atoms with E-state index in [9.17, 15) is 0 Å². The van der Waals surface area contributed by atoms with Gasteiger partial charge in [0.1, 0.15) is 6.07 Å². The summed E-state index contributed by atoms with van der Waals surface area (Å²) in [7, 11) is 0. The smallest absolute Gasteiger partial charge is 0.101 e. The van der Waals surface area contributed by atoms with Gasteiger partial charge in [-0.15, -0.1) is 0 Å². The molecule has 1 N–H and O–H groups in total. The zero-order valence-electron chi connectivity index (χ0n) is 11.9. The zero-order valence-corrected chi connectivity index (χ0v) is 11.9. The third-order valence-corrected chi connectivity index (χ3v) is 3.71. The van der Waals surface area contributed by atoms with Crippen LogP contribution in [0.2, 0.25) is 0 Å². The maximum Gasteiger partial charge on any atom is 0.101 e. The Bertz CT molecular complexity index is 456. The number of aryl methyl sites for hydroxylation is 1. The molecule has 0 radical (unpaired) electrons. The molecule has 0 saturated carbocycles. The molecule has 1 unspecified atom stereocenters. The second kappa shape index (κ2) is 6.58. The predicted octanol–water partition coefficient (Wildman–Crippen LogP) is 3.01. The number of nitrogens with one attached hydrogen (secondary N) is 1. The number of rotatable bonds is 5. The van der Waals surface area contributed by atoms with E-state index in [0.717, 1.165) is 29.9 Å². The molecule has 1 aliphatic rings. The highest BCUT2D eigenvalue weighted by atomic mass is 15.1. The van der Waals surface area contributed by atoms with Crippen LogP contribution < -0.4 is 5.32 Å². The average molecular weight is 257 g/mol. The number of benzene rings is 1. The molecule has 1 heterocycles. The Morgan fingerprint density at radius 3 is 2.79 bits per heavy atom. The third kappa shape index (κ3) is 3.97. The lowest BCUT2D eigenvalue weighted by atomic mass is 10.1. The average Bonchev–Trinajstić information content (AvgIpc) is 2.90. The molecule has 19 heavy (non-hydrogen) atoms. The number of likely N-dealkylation sites (tertiary alicyclic amines) is 1. The Morgan fingerprint density at radius 1 is 1.37 bits per heavy atom. The summed E-state index contributed by atoms with van der Waals surface area (Å²) in [4.78, 5) is 2.53. The number of nitrogens with zero attached hydrogens (tertiary/aromatic N) is 2. The van der Waals surface area contributed by atoms with Gasteiger partial charge in [0.2, 0.25) is 0 Å². The van der Waals surface area contributed by atoms with E-state index in [1.165, 1.54) is 25.9 Å². The van der Waals surface area contributed by atoms with Crippen LogP contribution >= 0.6 is 0 Å². The highest BCUT2D eigenvalue weighted by molar-refractivity contribution is 5.58. The van der Waals surface area contributed by atoms with Crippen LogP contribution in [0.5, 0.6) is 0 Å². The summed E-state index contributed by atoms with van der Waals surface area (Å²) in [6.45, 7) is 8.86. The van der Waals surface area contributed by atoms with Crippen molar-refractivity contribution in [3.8, 4) is 6.07 Å². The lowest BCUT2D eigenvalue weighted by Crippen LogP contribution is -2.29. The highest BCUT2D eigenvalue weighted by Gasteiger charge is 2.14. The SMILES string of the molecule is Cc1ccc(NCC(C)CN2CCCC2)c(C#N)c1. The minimum atomic E-state index is 0.603. The van der Waals surface area contributed by atoms with E-state index in [0.29, 0.717) is 5.92 Å². The fraction of sp³-hybridized carbons (Fsp3) is 0.562. The lowest BCUT2D eigenvalue weighted by Gasteiger charge is -2.21. The van der Waals surface area contributed by atoms with Crippen LogP contribution in [0.1, 0.15) is 30.9 Å². The first-order valence-corrected chi connectivity index (χ1v) is 7.16. The fourth-order valence-corrected chi connectivity index (χ4v) is 2.66. The topological polar surface area (TPSA) is 39.1 Å². The van der Waals surface area contributed by atoms with Crippen LogP contribution in [0.15, 0.2) is 18.2 Å². The van der Waals surface area contributed by atoms with Crippen LogP contribution in [-0.2, 0) is 0 Å². The standard InChI is InChI=1S/C16H23N3/c1-13-5-6-16(15(9-13)10-17)18-11-14(2)12-19-7-3-4-8-19/h5-6,9,14,18H,3-4,7-8,11-12H2,1-2H3. The van der Waals surface area contributed by atoms with E-state index >= 15 is 0 Å². The minimum Gasteiger partial charge on any atom is -0.384 e. The van der Waals surface area contributed by atoms with Crippen molar-refractivity contribution in [1.82, 2.24) is 4.90 Å². The van der Waals surface area contributed by atoms with E-state index in [2.05, 4.69) is 23.2 Å². The monoisotopic (exact) mass is 257 g/mol. The molecule has 0 aliphatic carbocycles. The second-order valence-corrected chi connectivity index (χ2v) is 5.65. The molecule has 0 spiro atoms. The van der Waals surface area contributed by atoms with Gasteiger partial charge >= 0.3 is 0 Å². The van der Waals surface area contributed by atoms with Crippen LogP contribution in [0.25, 0.3) is 0 Å². The maximum atomic E-state index is 9.14. The molecule has 1 aromatic carbocycles. The van der Waals surface area contributed by atoms with Crippen LogP contribution in [0.3, 0.4) is 0 Å². The molecule has 1 aromatic rings. The van der Waals surface area contributed by atoms with Crippen molar-refractivity contribution in [3.63, 3.8) is 0 Å². The first-order chi connectivity index (χ1) is 9.19. The van der Waals surface area contributed by atoms with E-state index < -0.39 is 0 Å². The summed E-state index contributed by atoms with van der Waals surface area (Å²) >= 11 is 0. The number of anilines is 1. The van der Waals surface area contributed by atoms with Crippen molar-refractivity contribution < 1.29 is 0 Å². The van der Waals surface area contributed by atoms with Gasteiger partial charge in [-0.2, -0.15) is 5.26 Å². The van der Waals surface area contributed by atoms with Gasteiger partial charge in [-0.3, -0.25) is 0 Å². The highest BCUT2D eigenvalue weighted by Crippen LogP contribution is 2.17. The number of hydrogen-bond donors (Lipinski definition) is 1. The molecule has 0 aromatic heterocycles. The van der Waals surface area contributed by atoms with Gasteiger partial charge in [-0.1, -0.05) is 13.0 Å². The summed E-state index contributed by atoms with van der Waals surface area (Å²) in [5, 5.41) is 12.6. The molecule has 1 saturated heterocycles. The first kappa shape index (κ1) is 13.9. The number of hydrogen-bond acceptors (Lipinski definition) is 3. The van der Waals surface area contributed by atoms with Gasteiger partial charge in [0.25, 0.3) is 0 Å². The molecular weight excluding hydrogens is 234 g/mol. The summed E-state index contributed by atoms with van der Waals surface area (Å²) in [5.74, 6) is 0.603. The largest absolute Gasteiger partial charge is 0.384 e.